The van der Waals surface area contributed by atoms with Crippen LogP contribution in [0, 0.1) is 0 Å². The van der Waals surface area contributed by atoms with Crippen LogP contribution in [0.4, 0.5) is 0 Å². The molecular weight excluding hydrogens is 296 g/mol. The van der Waals surface area contributed by atoms with Crippen LogP contribution in [0.25, 0.3) is 11.0 Å². The first kappa shape index (κ1) is 16.1. The van der Waals surface area contributed by atoms with Crippen molar-refractivity contribution in [3.63, 3.8) is 0 Å². The number of aromatic nitrogens is 2. The summed E-state index contributed by atoms with van der Waals surface area (Å²) in [6.07, 6.45) is 6.70. The van der Waals surface area contributed by atoms with Gasteiger partial charge in [0, 0.05) is 24.7 Å². The molecule has 4 rings (SSSR count). The van der Waals surface area contributed by atoms with Gasteiger partial charge in [-0.05, 0) is 51.8 Å². The third-order valence-electron chi connectivity index (χ3n) is 5.77. The molecule has 1 aromatic heterocycles. The lowest BCUT2D eigenvalue weighted by Crippen LogP contribution is -2.43. The van der Waals surface area contributed by atoms with E-state index in [4.69, 9.17) is 4.98 Å². The van der Waals surface area contributed by atoms with Gasteiger partial charge in [-0.25, -0.2) is 4.98 Å². The molecule has 2 fully saturated rings. The number of nitrogens with zero attached hydrogens (tertiary/aromatic N) is 3. The van der Waals surface area contributed by atoms with Crippen molar-refractivity contribution in [1.29, 1.82) is 0 Å². The van der Waals surface area contributed by atoms with Crippen molar-refractivity contribution in [3.8, 4) is 0 Å². The molecule has 0 saturated carbocycles. The van der Waals surface area contributed by atoms with E-state index in [-0.39, 0.29) is 0 Å². The number of nitrogens with one attached hydrogen (secondary N) is 1. The molecular formula is C20H30N4. The SMILES string of the molecule is CC(C)n1c(CN2CC[C@@H]3NCCCCC[C@H]32)nc2ccccc21. The van der Waals surface area contributed by atoms with Crippen molar-refractivity contribution < 1.29 is 0 Å². The van der Waals surface area contributed by atoms with Gasteiger partial charge in [-0.15, -0.1) is 0 Å². The summed E-state index contributed by atoms with van der Waals surface area (Å²) >= 11 is 0. The van der Waals surface area contributed by atoms with Crippen LogP contribution < -0.4 is 5.32 Å². The Bertz CT molecular complexity index is 690. The number of hydrogen-bond donors (Lipinski definition) is 1. The first-order chi connectivity index (χ1) is 11.7. The molecule has 2 saturated heterocycles. The van der Waals surface area contributed by atoms with E-state index in [0.717, 1.165) is 12.1 Å². The Labute approximate surface area is 145 Å². The van der Waals surface area contributed by atoms with Crippen molar-refractivity contribution in [2.45, 2.75) is 70.6 Å². The van der Waals surface area contributed by atoms with Crippen LogP contribution in [-0.2, 0) is 6.54 Å². The number of likely N-dealkylation sites (tertiary alicyclic amines) is 1. The zero-order chi connectivity index (χ0) is 16.5. The number of para-hydroxylation sites is 2. The second-order valence-corrected chi connectivity index (χ2v) is 7.72. The predicted molar refractivity (Wildman–Crippen MR) is 99.2 cm³/mol. The van der Waals surface area contributed by atoms with Crippen molar-refractivity contribution in [2.24, 2.45) is 0 Å². The lowest BCUT2D eigenvalue weighted by atomic mass is 9.99. The smallest absolute Gasteiger partial charge is 0.124 e. The third-order valence-corrected chi connectivity index (χ3v) is 5.77. The van der Waals surface area contributed by atoms with E-state index < -0.39 is 0 Å². The topological polar surface area (TPSA) is 33.1 Å². The maximum absolute atomic E-state index is 4.98. The fourth-order valence-corrected chi connectivity index (χ4v) is 4.64. The predicted octanol–water partition coefficient (Wildman–Crippen LogP) is 3.72. The average molecular weight is 326 g/mol. The minimum Gasteiger partial charge on any atom is -0.324 e. The zero-order valence-corrected chi connectivity index (χ0v) is 15.0. The molecule has 1 aromatic carbocycles. The number of rotatable bonds is 3. The highest BCUT2D eigenvalue weighted by molar-refractivity contribution is 5.76. The van der Waals surface area contributed by atoms with Crippen LogP contribution in [0.5, 0.6) is 0 Å². The monoisotopic (exact) mass is 326 g/mol. The molecule has 4 heteroatoms. The van der Waals surface area contributed by atoms with E-state index in [1.54, 1.807) is 0 Å². The van der Waals surface area contributed by atoms with E-state index in [9.17, 15) is 0 Å². The fraction of sp³-hybridized carbons (Fsp3) is 0.650. The molecule has 0 unspecified atom stereocenters. The highest BCUT2D eigenvalue weighted by atomic mass is 15.3. The van der Waals surface area contributed by atoms with Gasteiger partial charge in [-0.1, -0.05) is 25.0 Å². The molecule has 2 aromatic rings. The summed E-state index contributed by atoms with van der Waals surface area (Å²) in [6.45, 7) is 7.91. The standard InChI is InChI=1S/C20H30N4/c1-15(2)24-19-10-6-5-8-17(19)22-20(24)14-23-13-11-16-18(23)9-4-3-7-12-21-16/h5-6,8,10,15-16,18,21H,3-4,7,9,11-14H2,1-2H3/t16-,18+/m0/s1. The average Bonchev–Trinajstić information content (AvgIpc) is 3.08. The van der Waals surface area contributed by atoms with Crippen LogP contribution in [-0.4, -0.2) is 39.6 Å². The van der Waals surface area contributed by atoms with Gasteiger partial charge < -0.3 is 9.88 Å². The summed E-state index contributed by atoms with van der Waals surface area (Å²) < 4.78 is 2.43. The molecule has 0 bridgehead atoms. The van der Waals surface area contributed by atoms with Crippen molar-refractivity contribution in [1.82, 2.24) is 19.8 Å². The van der Waals surface area contributed by atoms with Gasteiger partial charge in [0.25, 0.3) is 0 Å². The Hall–Kier alpha value is -1.39. The first-order valence-electron chi connectivity index (χ1n) is 9.67. The lowest BCUT2D eigenvalue weighted by Gasteiger charge is -2.30. The largest absolute Gasteiger partial charge is 0.324 e. The molecule has 0 radical (unpaired) electrons. The minimum atomic E-state index is 0.446. The summed E-state index contributed by atoms with van der Waals surface area (Å²) in [7, 11) is 0. The van der Waals surface area contributed by atoms with Gasteiger partial charge in [0.05, 0.1) is 17.6 Å². The Balaban J connectivity index is 1.60. The van der Waals surface area contributed by atoms with Crippen LogP contribution >= 0.6 is 0 Å². The quantitative estimate of drug-likeness (QED) is 0.933. The second-order valence-electron chi connectivity index (χ2n) is 7.72. The summed E-state index contributed by atoms with van der Waals surface area (Å²) in [5.41, 5.74) is 2.40. The van der Waals surface area contributed by atoms with Crippen LogP contribution in [0.1, 0.15) is 57.8 Å². The molecule has 130 valence electrons. The molecule has 4 nitrogen and oxygen atoms in total. The highest BCUT2D eigenvalue weighted by Gasteiger charge is 2.34. The molecule has 3 heterocycles. The Morgan fingerprint density at radius 1 is 1.17 bits per heavy atom. The number of hydrogen-bond acceptors (Lipinski definition) is 3. The number of imidazole rings is 1. The van der Waals surface area contributed by atoms with E-state index in [2.05, 4.69) is 52.9 Å². The first-order valence-corrected chi connectivity index (χ1v) is 9.67. The molecule has 2 aliphatic rings. The van der Waals surface area contributed by atoms with Crippen LogP contribution in [0.15, 0.2) is 24.3 Å². The molecule has 0 amide bonds. The summed E-state index contributed by atoms with van der Waals surface area (Å²) in [4.78, 5) is 7.66. The van der Waals surface area contributed by atoms with Gasteiger partial charge in [0.2, 0.25) is 0 Å². The van der Waals surface area contributed by atoms with Crippen LogP contribution in [0.2, 0.25) is 0 Å². The Morgan fingerprint density at radius 2 is 2.04 bits per heavy atom. The zero-order valence-electron chi connectivity index (χ0n) is 15.0. The van der Waals surface area contributed by atoms with Gasteiger partial charge in [0.1, 0.15) is 5.82 Å². The molecule has 0 spiro atoms. The summed E-state index contributed by atoms with van der Waals surface area (Å²) in [5, 5.41) is 3.79. The van der Waals surface area contributed by atoms with Gasteiger partial charge in [-0.2, -0.15) is 0 Å². The summed E-state index contributed by atoms with van der Waals surface area (Å²) in [5.74, 6) is 1.23. The van der Waals surface area contributed by atoms with Crippen LogP contribution in [0.3, 0.4) is 0 Å². The van der Waals surface area contributed by atoms with Gasteiger partial charge >= 0.3 is 0 Å². The fourth-order valence-electron chi connectivity index (χ4n) is 4.64. The third kappa shape index (κ3) is 2.98. The molecule has 0 aliphatic carbocycles. The number of fused-ring (bicyclic) bond motifs is 2. The van der Waals surface area contributed by atoms with Gasteiger partial charge in [-0.3, -0.25) is 4.90 Å². The number of benzene rings is 1. The van der Waals surface area contributed by atoms with E-state index in [1.165, 1.54) is 56.5 Å². The second kappa shape index (κ2) is 6.85. The summed E-state index contributed by atoms with van der Waals surface area (Å²) in [6, 6.07) is 10.4. The molecule has 2 atom stereocenters. The van der Waals surface area contributed by atoms with Crippen molar-refractivity contribution in [2.75, 3.05) is 13.1 Å². The maximum atomic E-state index is 4.98. The van der Waals surface area contributed by atoms with E-state index >= 15 is 0 Å². The Kier molecular flexibility index (Phi) is 4.59. The highest BCUT2D eigenvalue weighted by Crippen LogP contribution is 2.28. The lowest BCUT2D eigenvalue weighted by molar-refractivity contribution is 0.197. The van der Waals surface area contributed by atoms with E-state index in [1.807, 2.05) is 0 Å². The Morgan fingerprint density at radius 3 is 2.92 bits per heavy atom. The van der Waals surface area contributed by atoms with Crippen molar-refractivity contribution >= 4 is 11.0 Å². The molecule has 24 heavy (non-hydrogen) atoms. The normalized spacial score (nSPS) is 25.8. The minimum absolute atomic E-state index is 0.446. The van der Waals surface area contributed by atoms with E-state index in [0.29, 0.717) is 18.1 Å². The molecule has 2 aliphatic heterocycles. The van der Waals surface area contributed by atoms with Crippen molar-refractivity contribution in [3.05, 3.63) is 30.1 Å². The maximum Gasteiger partial charge on any atom is 0.124 e. The van der Waals surface area contributed by atoms with Gasteiger partial charge in [0.15, 0.2) is 0 Å². The molecule has 1 N–H and O–H groups in total.